The van der Waals surface area contributed by atoms with Crippen molar-refractivity contribution in [2.24, 2.45) is 7.05 Å². The van der Waals surface area contributed by atoms with Crippen molar-refractivity contribution in [3.63, 3.8) is 0 Å². The van der Waals surface area contributed by atoms with Crippen molar-refractivity contribution < 1.29 is 4.92 Å². The standard InChI is InChI=1S/C10H10Cl2N6O2/c1-17-5(2-6(11)8(17)12)3-14-10-15-4-7(18(19)20)9(13)16-10/h2,4H,3H2,1H3,(H3,13,14,15,16). The maximum Gasteiger partial charge on any atom is 0.329 e. The molecule has 0 aliphatic rings. The van der Waals surface area contributed by atoms with Gasteiger partial charge in [-0.1, -0.05) is 23.2 Å². The van der Waals surface area contributed by atoms with Gasteiger partial charge in [-0.05, 0) is 6.07 Å². The fourth-order valence-corrected chi connectivity index (χ4v) is 1.96. The molecule has 2 rings (SSSR count). The molecule has 0 aliphatic carbocycles. The second kappa shape index (κ2) is 5.51. The number of aromatic nitrogens is 3. The van der Waals surface area contributed by atoms with Gasteiger partial charge in [0.1, 0.15) is 11.3 Å². The Kier molecular flexibility index (Phi) is 3.96. The van der Waals surface area contributed by atoms with Crippen molar-refractivity contribution in [2.75, 3.05) is 11.1 Å². The van der Waals surface area contributed by atoms with Crippen LogP contribution in [0, 0.1) is 10.1 Å². The van der Waals surface area contributed by atoms with Gasteiger partial charge in [-0.2, -0.15) is 4.98 Å². The van der Waals surface area contributed by atoms with Crippen molar-refractivity contribution in [2.45, 2.75) is 6.54 Å². The molecule has 0 bridgehead atoms. The maximum atomic E-state index is 10.6. The molecule has 0 atom stereocenters. The van der Waals surface area contributed by atoms with E-state index in [2.05, 4.69) is 15.3 Å². The molecule has 0 aromatic carbocycles. The van der Waals surface area contributed by atoms with Crippen LogP contribution >= 0.6 is 23.2 Å². The van der Waals surface area contributed by atoms with Crippen LogP contribution in [0.3, 0.4) is 0 Å². The molecule has 0 spiro atoms. The van der Waals surface area contributed by atoms with Crippen LogP contribution in [0.4, 0.5) is 17.5 Å². The fraction of sp³-hybridized carbons (Fsp3) is 0.200. The lowest BCUT2D eigenvalue weighted by Crippen LogP contribution is -2.09. The second-order valence-corrected chi connectivity index (χ2v) is 4.67. The van der Waals surface area contributed by atoms with Crippen LogP contribution in [-0.4, -0.2) is 19.5 Å². The summed E-state index contributed by atoms with van der Waals surface area (Å²) in [6.07, 6.45) is 1.05. The van der Waals surface area contributed by atoms with Crippen molar-refractivity contribution in [3.8, 4) is 0 Å². The summed E-state index contributed by atoms with van der Waals surface area (Å²) < 4.78 is 1.70. The molecule has 10 heteroatoms. The van der Waals surface area contributed by atoms with Crippen molar-refractivity contribution in [3.05, 3.63) is 38.2 Å². The first-order valence-electron chi connectivity index (χ1n) is 5.40. The van der Waals surface area contributed by atoms with E-state index in [0.29, 0.717) is 16.7 Å². The molecule has 0 aliphatic heterocycles. The normalized spacial score (nSPS) is 10.6. The van der Waals surface area contributed by atoms with Gasteiger partial charge < -0.3 is 15.6 Å². The Morgan fingerprint density at radius 1 is 1.55 bits per heavy atom. The number of hydrogen-bond acceptors (Lipinski definition) is 6. The average Bonchev–Trinajstić information content (AvgIpc) is 2.63. The fourth-order valence-electron chi connectivity index (χ4n) is 1.54. The summed E-state index contributed by atoms with van der Waals surface area (Å²) in [5, 5.41) is 14.3. The largest absolute Gasteiger partial charge is 0.378 e. The number of nitrogens with two attached hydrogens (primary N) is 1. The van der Waals surface area contributed by atoms with Crippen molar-refractivity contribution >= 4 is 40.7 Å². The predicted molar refractivity (Wildman–Crippen MR) is 75.9 cm³/mol. The minimum Gasteiger partial charge on any atom is -0.378 e. The minimum absolute atomic E-state index is 0.182. The molecule has 0 saturated carbocycles. The first-order valence-corrected chi connectivity index (χ1v) is 6.16. The topological polar surface area (TPSA) is 112 Å². The molecule has 0 saturated heterocycles. The highest BCUT2D eigenvalue weighted by molar-refractivity contribution is 6.41. The van der Waals surface area contributed by atoms with Crippen LogP contribution in [0.1, 0.15) is 5.69 Å². The first-order chi connectivity index (χ1) is 9.40. The van der Waals surface area contributed by atoms with Gasteiger partial charge in [-0.15, -0.1) is 0 Å². The number of nitro groups is 1. The minimum atomic E-state index is -0.643. The Morgan fingerprint density at radius 2 is 2.25 bits per heavy atom. The third-order valence-corrected chi connectivity index (χ3v) is 3.48. The Bertz CT molecular complexity index is 672. The van der Waals surface area contributed by atoms with Crippen LogP contribution in [0.5, 0.6) is 0 Å². The van der Waals surface area contributed by atoms with Crippen LogP contribution in [0.2, 0.25) is 10.2 Å². The van der Waals surface area contributed by atoms with Gasteiger partial charge in [-0.3, -0.25) is 10.1 Å². The molecule has 3 N–H and O–H groups in total. The van der Waals surface area contributed by atoms with Crippen LogP contribution in [0.15, 0.2) is 12.3 Å². The predicted octanol–water partition coefficient (Wildman–Crippen LogP) is 2.22. The zero-order valence-electron chi connectivity index (χ0n) is 10.3. The lowest BCUT2D eigenvalue weighted by molar-refractivity contribution is -0.384. The molecule has 106 valence electrons. The number of nitrogens with zero attached hydrogens (tertiary/aromatic N) is 4. The van der Waals surface area contributed by atoms with E-state index in [9.17, 15) is 10.1 Å². The number of hydrogen-bond donors (Lipinski definition) is 2. The van der Waals surface area contributed by atoms with E-state index in [0.717, 1.165) is 11.9 Å². The Hall–Kier alpha value is -2.06. The summed E-state index contributed by atoms with van der Waals surface area (Å²) in [6.45, 7) is 0.347. The molecule has 2 aromatic rings. The lowest BCUT2D eigenvalue weighted by atomic mass is 10.4. The van der Waals surface area contributed by atoms with E-state index < -0.39 is 4.92 Å². The average molecular weight is 317 g/mol. The summed E-state index contributed by atoms with van der Waals surface area (Å²) in [4.78, 5) is 17.6. The second-order valence-electron chi connectivity index (χ2n) is 3.91. The Balaban J connectivity index is 2.13. The SMILES string of the molecule is Cn1c(CNc2ncc([N+](=O)[O-])c(N)n2)cc(Cl)c1Cl. The number of rotatable bonds is 4. The molecule has 8 nitrogen and oxygen atoms in total. The summed E-state index contributed by atoms with van der Waals surface area (Å²) in [7, 11) is 1.76. The molecular weight excluding hydrogens is 307 g/mol. The highest BCUT2D eigenvalue weighted by atomic mass is 35.5. The number of halogens is 2. The van der Waals surface area contributed by atoms with Gasteiger partial charge in [-0.25, -0.2) is 4.98 Å². The molecule has 0 unspecified atom stereocenters. The molecule has 2 aromatic heterocycles. The zero-order chi connectivity index (χ0) is 14.9. The molecule has 20 heavy (non-hydrogen) atoms. The first kappa shape index (κ1) is 14.4. The van der Waals surface area contributed by atoms with Gasteiger partial charge in [0.2, 0.25) is 11.8 Å². The number of nitrogen functional groups attached to an aromatic ring is 1. The highest BCUT2D eigenvalue weighted by Gasteiger charge is 2.14. The maximum absolute atomic E-state index is 10.6. The van der Waals surface area contributed by atoms with E-state index >= 15 is 0 Å². The smallest absolute Gasteiger partial charge is 0.329 e. The van der Waals surface area contributed by atoms with Crippen molar-refractivity contribution in [1.82, 2.24) is 14.5 Å². The van der Waals surface area contributed by atoms with E-state index in [1.807, 2.05) is 0 Å². The third-order valence-electron chi connectivity index (χ3n) is 2.64. The van der Waals surface area contributed by atoms with Crippen LogP contribution in [0.25, 0.3) is 0 Å². The number of nitrogens with one attached hydrogen (secondary N) is 1. The molecule has 0 amide bonds. The highest BCUT2D eigenvalue weighted by Crippen LogP contribution is 2.25. The summed E-state index contributed by atoms with van der Waals surface area (Å²) in [6, 6.07) is 1.70. The quantitative estimate of drug-likeness (QED) is 0.660. The van der Waals surface area contributed by atoms with Gasteiger partial charge in [0, 0.05) is 12.7 Å². The van der Waals surface area contributed by atoms with Gasteiger partial charge in [0.25, 0.3) is 0 Å². The van der Waals surface area contributed by atoms with Gasteiger partial charge >= 0.3 is 5.69 Å². The van der Waals surface area contributed by atoms with Crippen LogP contribution in [-0.2, 0) is 13.6 Å². The zero-order valence-corrected chi connectivity index (χ0v) is 11.8. The van der Waals surface area contributed by atoms with E-state index in [-0.39, 0.29) is 17.5 Å². The molecule has 2 heterocycles. The molecular formula is C10H10Cl2N6O2. The molecule has 0 fully saturated rings. The third kappa shape index (κ3) is 2.75. The van der Waals surface area contributed by atoms with Gasteiger partial charge in [0.15, 0.2) is 0 Å². The number of anilines is 2. The van der Waals surface area contributed by atoms with Gasteiger partial charge in [0.05, 0.1) is 16.5 Å². The summed E-state index contributed by atoms with van der Waals surface area (Å²) >= 11 is 11.8. The van der Waals surface area contributed by atoms with E-state index in [1.54, 1.807) is 17.7 Å². The molecule has 0 radical (unpaired) electrons. The summed E-state index contributed by atoms with van der Waals surface area (Å²) in [5.41, 5.74) is 5.94. The monoisotopic (exact) mass is 316 g/mol. The van der Waals surface area contributed by atoms with E-state index in [1.165, 1.54) is 0 Å². The Morgan fingerprint density at radius 3 is 2.75 bits per heavy atom. The summed E-state index contributed by atoms with van der Waals surface area (Å²) in [5.74, 6) is -0.0167. The Labute approximate surface area is 123 Å². The lowest BCUT2D eigenvalue weighted by Gasteiger charge is -2.06. The van der Waals surface area contributed by atoms with Crippen molar-refractivity contribution in [1.29, 1.82) is 0 Å². The van der Waals surface area contributed by atoms with Crippen LogP contribution < -0.4 is 11.1 Å². The van der Waals surface area contributed by atoms with E-state index in [4.69, 9.17) is 28.9 Å².